The number of hydrogen-bond donors (Lipinski definition) is 1. The van der Waals surface area contributed by atoms with E-state index in [0.29, 0.717) is 25.1 Å². The van der Waals surface area contributed by atoms with Crippen LogP contribution in [0.2, 0.25) is 0 Å². The minimum Gasteiger partial charge on any atom is -0.492 e. The van der Waals surface area contributed by atoms with E-state index in [1.54, 1.807) is 17.3 Å². The molecule has 188 valence electrons. The van der Waals surface area contributed by atoms with E-state index in [1.807, 2.05) is 18.2 Å². The number of nitrogens with zero attached hydrogens (tertiary/aromatic N) is 4. The van der Waals surface area contributed by atoms with Crippen LogP contribution in [0.5, 0.6) is 5.75 Å². The van der Waals surface area contributed by atoms with Crippen molar-refractivity contribution in [3.63, 3.8) is 0 Å². The highest BCUT2D eigenvalue weighted by molar-refractivity contribution is 6.05. The molecule has 0 radical (unpaired) electrons. The maximum absolute atomic E-state index is 13.2. The molecule has 3 amide bonds. The van der Waals surface area contributed by atoms with Crippen molar-refractivity contribution in [1.29, 1.82) is 0 Å². The number of fused-ring (bicyclic) bond motifs is 5. The van der Waals surface area contributed by atoms with Crippen molar-refractivity contribution in [1.82, 2.24) is 25.1 Å². The van der Waals surface area contributed by atoms with Crippen LogP contribution in [0.15, 0.2) is 42.7 Å². The van der Waals surface area contributed by atoms with Crippen LogP contribution in [-0.4, -0.2) is 63.2 Å². The van der Waals surface area contributed by atoms with E-state index in [-0.39, 0.29) is 23.7 Å². The Morgan fingerprint density at radius 2 is 1.89 bits per heavy atom. The van der Waals surface area contributed by atoms with Gasteiger partial charge >= 0.3 is 0 Å². The first-order chi connectivity index (χ1) is 18.0. The van der Waals surface area contributed by atoms with Gasteiger partial charge in [-0.15, -0.1) is 0 Å². The average Bonchev–Trinajstić information content (AvgIpc) is 3.44. The second kappa shape index (κ2) is 8.34. The Morgan fingerprint density at radius 3 is 2.73 bits per heavy atom. The second-order valence-corrected chi connectivity index (χ2v) is 10.6. The van der Waals surface area contributed by atoms with Gasteiger partial charge in [-0.3, -0.25) is 34.6 Å². The number of likely N-dealkylation sites (tertiary alicyclic amines) is 1. The highest BCUT2D eigenvalue weighted by Gasteiger charge is 2.47. The third-order valence-electron chi connectivity index (χ3n) is 8.52. The molecule has 1 aromatic heterocycles. The highest BCUT2D eigenvalue weighted by atomic mass is 16.5. The van der Waals surface area contributed by atoms with Gasteiger partial charge in [-0.1, -0.05) is 18.2 Å². The number of aromatic nitrogens is 2. The number of carbonyl (C=O) groups is 3. The van der Waals surface area contributed by atoms with Crippen molar-refractivity contribution in [2.45, 2.75) is 50.2 Å². The van der Waals surface area contributed by atoms with Crippen LogP contribution < -0.4 is 10.1 Å². The monoisotopic (exact) mass is 497 g/mol. The lowest BCUT2D eigenvalue weighted by Crippen LogP contribution is -2.52. The van der Waals surface area contributed by atoms with E-state index in [1.165, 1.54) is 11.1 Å². The summed E-state index contributed by atoms with van der Waals surface area (Å²) in [6.07, 6.45) is 6.02. The van der Waals surface area contributed by atoms with E-state index in [9.17, 15) is 14.4 Å². The molecule has 2 aromatic carbocycles. The minimum atomic E-state index is -0.620. The van der Waals surface area contributed by atoms with Crippen LogP contribution in [0.4, 0.5) is 0 Å². The summed E-state index contributed by atoms with van der Waals surface area (Å²) in [5.41, 5.74) is 5.66. The minimum absolute atomic E-state index is 0.0650. The molecule has 5 heterocycles. The van der Waals surface area contributed by atoms with Crippen LogP contribution in [0, 0.1) is 0 Å². The fourth-order valence-electron chi connectivity index (χ4n) is 6.46. The number of benzene rings is 2. The van der Waals surface area contributed by atoms with Crippen LogP contribution >= 0.6 is 0 Å². The van der Waals surface area contributed by atoms with Gasteiger partial charge in [0, 0.05) is 47.5 Å². The third kappa shape index (κ3) is 3.52. The lowest BCUT2D eigenvalue weighted by molar-refractivity contribution is -0.136. The van der Waals surface area contributed by atoms with Gasteiger partial charge in [-0.2, -0.15) is 0 Å². The molecule has 1 unspecified atom stereocenters. The number of hydrogen-bond acceptors (Lipinski definition) is 7. The molecule has 1 N–H and O–H groups in total. The number of piperidine rings is 2. The van der Waals surface area contributed by atoms with E-state index < -0.39 is 11.9 Å². The van der Waals surface area contributed by atoms with Crippen molar-refractivity contribution in [3.8, 4) is 5.75 Å². The lowest BCUT2D eigenvalue weighted by atomic mass is 9.74. The summed E-state index contributed by atoms with van der Waals surface area (Å²) >= 11 is 0. The zero-order valence-corrected chi connectivity index (χ0v) is 20.4. The average molecular weight is 498 g/mol. The molecule has 0 aliphatic carbocycles. The molecule has 4 aliphatic heterocycles. The van der Waals surface area contributed by atoms with Gasteiger partial charge in [0.05, 0.1) is 24.2 Å². The molecular weight excluding hydrogens is 470 g/mol. The maximum Gasteiger partial charge on any atom is 0.255 e. The van der Waals surface area contributed by atoms with E-state index in [0.717, 1.165) is 54.8 Å². The molecule has 4 aliphatic rings. The predicted octanol–water partition coefficient (Wildman–Crippen LogP) is 2.32. The van der Waals surface area contributed by atoms with Crippen molar-refractivity contribution in [2.75, 3.05) is 19.7 Å². The summed E-state index contributed by atoms with van der Waals surface area (Å²) in [7, 11) is 0. The smallest absolute Gasteiger partial charge is 0.255 e. The first-order valence-corrected chi connectivity index (χ1v) is 12.9. The largest absolute Gasteiger partial charge is 0.492 e. The number of amides is 3. The Kier molecular flexibility index (Phi) is 5.04. The molecular formula is C28H27N5O4. The fourth-order valence-corrected chi connectivity index (χ4v) is 6.46. The Bertz CT molecular complexity index is 1460. The van der Waals surface area contributed by atoms with Gasteiger partial charge in [-0.05, 0) is 50.0 Å². The molecule has 9 nitrogen and oxygen atoms in total. The summed E-state index contributed by atoms with van der Waals surface area (Å²) in [5, 5.41) is 2.37. The Labute approximate surface area is 213 Å². The summed E-state index contributed by atoms with van der Waals surface area (Å²) < 4.78 is 6.30. The summed E-state index contributed by atoms with van der Waals surface area (Å²) in [5.74, 6) is -0.0180. The topological polar surface area (TPSA) is 105 Å². The van der Waals surface area contributed by atoms with Crippen molar-refractivity contribution >= 4 is 28.8 Å². The SMILES string of the molecule is O=C1CCC(N2Cc3c(ccc4c3OCC43CCN(Cc4cccc5nccnc45)CC3)C2=O)C(=O)N1. The molecule has 0 bridgehead atoms. The number of ether oxygens (including phenoxy) is 1. The zero-order valence-electron chi connectivity index (χ0n) is 20.4. The second-order valence-electron chi connectivity index (χ2n) is 10.6. The van der Waals surface area contributed by atoms with Gasteiger partial charge in [-0.25, -0.2) is 0 Å². The predicted molar refractivity (Wildman–Crippen MR) is 134 cm³/mol. The van der Waals surface area contributed by atoms with Crippen LogP contribution in [0.3, 0.4) is 0 Å². The van der Waals surface area contributed by atoms with Gasteiger partial charge in [0.25, 0.3) is 5.91 Å². The Hall–Kier alpha value is -3.85. The number of nitrogens with one attached hydrogen (secondary N) is 1. The molecule has 1 spiro atoms. The van der Waals surface area contributed by atoms with Crippen LogP contribution in [-0.2, 0) is 28.1 Å². The molecule has 2 saturated heterocycles. The van der Waals surface area contributed by atoms with E-state index >= 15 is 0 Å². The first-order valence-electron chi connectivity index (χ1n) is 12.9. The van der Waals surface area contributed by atoms with Crippen molar-refractivity contribution in [2.24, 2.45) is 0 Å². The zero-order chi connectivity index (χ0) is 25.1. The molecule has 0 saturated carbocycles. The van der Waals surface area contributed by atoms with Crippen molar-refractivity contribution < 1.29 is 19.1 Å². The molecule has 37 heavy (non-hydrogen) atoms. The molecule has 3 aromatic rings. The van der Waals surface area contributed by atoms with E-state index in [2.05, 4.69) is 32.3 Å². The van der Waals surface area contributed by atoms with Gasteiger partial charge in [0.1, 0.15) is 11.8 Å². The van der Waals surface area contributed by atoms with Gasteiger partial charge in [0.15, 0.2) is 0 Å². The van der Waals surface area contributed by atoms with Crippen LogP contribution in [0.1, 0.15) is 52.7 Å². The van der Waals surface area contributed by atoms with Crippen LogP contribution in [0.25, 0.3) is 11.0 Å². The Morgan fingerprint density at radius 1 is 1.05 bits per heavy atom. The molecule has 2 fully saturated rings. The number of imide groups is 1. The summed E-state index contributed by atoms with van der Waals surface area (Å²) in [6.45, 7) is 3.67. The lowest BCUT2D eigenvalue weighted by Gasteiger charge is -2.38. The fraction of sp³-hybridized carbons (Fsp3) is 0.393. The van der Waals surface area contributed by atoms with Crippen molar-refractivity contribution in [3.05, 3.63) is 65.0 Å². The normalized spacial score (nSPS) is 22.8. The molecule has 9 heteroatoms. The number of carbonyl (C=O) groups excluding carboxylic acids is 3. The first kappa shape index (κ1) is 22.4. The standard InChI is InChI=1S/C28H27N5O4/c34-23-7-6-22(26(35)31-23)33-15-19-18(27(33)36)4-5-20-25(19)37-16-28(20)8-12-32(13-9-28)14-17-2-1-3-21-24(17)30-11-10-29-21/h1-5,10-11,22H,6-9,12-16H2,(H,31,34,35). The van der Waals surface area contributed by atoms with Gasteiger partial charge in [0.2, 0.25) is 11.8 Å². The Balaban J connectivity index is 1.09. The number of para-hydroxylation sites is 1. The summed E-state index contributed by atoms with van der Waals surface area (Å²) in [6, 6.07) is 9.51. The summed E-state index contributed by atoms with van der Waals surface area (Å²) in [4.78, 5) is 50.2. The molecule has 1 atom stereocenters. The van der Waals surface area contributed by atoms with Gasteiger partial charge < -0.3 is 9.64 Å². The third-order valence-corrected chi connectivity index (χ3v) is 8.52. The highest BCUT2D eigenvalue weighted by Crippen LogP contribution is 2.49. The number of rotatable bonds is 3. The molecule has 7 rings (SSSR count). The maximum atomic E-state index is 13.2. The van der Waals surface area contributed by atoms with E-state index in [4.69, 9.17) is 4.74 Å². The quantitative estimate of drug-likeness (QED) is 0.554.